The lowest BCUT2D eigenvalue weighted by Gasteiger charge is -2.62. The Morgan fingerprint density at radius 1 is 0.822 bits per heavy atom. The standard InChI is InChI=1S/C40H40N2O3/c1-27-3-13-35(14-4-27)40-22-30-19-31(23-40)21-39(20-30,25-40)26-42-38(44)34-9-15-36(16-10-34)41-24-29-5-7-32(8-6-29)33-11-17-37(18-12-33)45-28(2)43/h3-18,24,30-31H,19-23,25-26H2,1-2H3,(H,42,44). The van der Waals surface area contributed by atoms with E-state index >= 15 is 0 Å². The van der Waals surface area contributed by atoms with E-state index in [2.05, 4.69) is 41.5 Å². The first-order valence-corrected chi connectivity index (χ1v) is 16.2. The van der Waals surface area contributed by atoms with Crippen molar-refractivity contribution in [3.63, 3.8) is 0 Å². The highest BCUT2D eigenvalue weighted by Crippen LogP contribution is 2.65. The van der Waals surface area contributed by atoms with E-state index in [1.165, 1.54) is 56.6 Å². The molecule has 5 nitrogen and oxygen atoms in total. The maximum absolute atomic E-state index is 13.3. The molecular weight excluding hydrogens is 556 g/mol. The number of carbonyl (C=O) groups is 2. The number of hydrogen-bond donors (Lipinski definition) is 1. The van der Waals surface area contributed by atoms with Crippen molar-refractivity contribution < 1.29 is 14.3 Å². The molecule has 4 fully saturated rings. The number of nitrogens with one attached hydrogen (secondary N) is 1. The molecule has 0 heterocycles. The summed E-state index contributed by atoms with van der Waals surface area (Å²) in [6.45, 7) is 4.32. The molecule has 228 valence electrons. The molecule has 4 aromatic rings. The highest BCUT2D eigenvalue weighted by atomic mass is 16.5. The number of ether oxygens (including phenoxy) is 1. The molecule has 0 radical (unpaired) electrons. The molecule has 45 heavy (non-hydrogen) atoms. The van der Waals surface area contributed by atoms with Gasteiger partial charge in [0.15, 0.2) is 0 Å². The predicted molar refractivity (Wildman–Crippen MR) is 179 cm³/mol. The summed E-state index contributed by atoms with van der Waals surface area (Å²) in [5.41, 5.74) is 7.88. The minimum absolute atomic E-state index is 0.00198. The third-order valence-electron chi connectivity index (χ3n) is 10.3. The van der Waals surface area contributed by atoms with E-state index in [1.807, 2.05) is 66.9 Å². The zero-order chi connectivity index (χ0) is 31.0. The molecule has 4 bridgehead atoms. The molecule has 0 spiro atoms. The van der Waals surface area contributed by atoms with Gasteiger partial charge in [-0.25, -0.2) is 0 Å². The molecule has 2 unspecified atom stereocenters. The topological polar surface area (TPSA) is 67.8 Å². The van der Waals surface area contributed by atoms with E-state index in [0.29, 0.717) is 11.3 Å². The first-order chi connectivity index (χ1) is 21.8. The highest BCUT2D eigenvalue weighted by Gasteiger charge is 2.58. The Morgan fingerprint density at radius 3 is 2.07 bits per heavy atom. The van der Waals surface area contributed by atoms with Gasteiger partial charge < -0.3 is 10.1 Å². The minimum atomic E-state index is -0.330. The molecule has 5 heteroatoms. The number of carbonyl (C=O) groups excluding carboxylic acids is 2. The van der Waals surface area contributed by atoms with Crippen molar-refractivity contribution in [1.29, 1.82) is 0 Å². The van der Waals surface area contributed by atoms with Gasteiger partial charge in [0.25, 0.3) is 5.91 Å². The number of nitrogens with zero attached hydrogens (tertiary/aromatic N) is 1. The van der Waals surface area contributed by atoms with Gasteiger partial charge in [0.1, 0.15) is 5.75 Å². The molecule has 4 saturated carbocycles. The number of hydrogen-bond acceptors (Lipinski definition) is 4. The Kier molecular flexibility index (Phi) is 7.64. The normalized spacial score (nSPS) is 24.9. The number of aliphatic imine (C=N–C) groups is 1. The number of amides is 1. The Balaban J connectivity index is 0.961. The van der Waals surface area contributed by atoms with Crippen molar-refractivity contribution in [2.45, 2.75) is 57.8 Å². The second-order valence-corrected chi connectivity index (χ2v) is 13.8. The van der Waals surface area contributed by atoms with E-state index < -0.39 is 0 Å². The zero-order valence-electron chi connectivity index (χ0n) is 26.1. The Hall–Kier alpha value is -4.51. The summed E-state index contributed by atoms with van der Waals surface area (Å²) in [6.07, 6.45) is 9.49. The van der Waals surface area contributed by atoms with Crippen molar-refractivity contribution in [2.75, 3.05) is 6.54 Å². The summed E-state index contributed by atoms with van der Waals surface area (Å²) in [6, 6.07) is 32.4. The van der Waals surface area contributed by atoms with Crippen molar-refractivity contribution in [3.05, 3.63) is 119 Å². The SMILES string of the molecule is CC(=O)Oc1ccc(-c2ccc(C=Nc3ccc(C(=O)NCC45CC6CC(C4)CC(c4ccc(C)cc4)(C6)C5)cc3)cc2)cc1. The molecule has 0 aromatic heterocycles. The molecule has 8 rings (SSSR count). The molecule has 4 aliphatic rings. The Morgan fingerprint density at radius 2 is 1.44 bits per heavy atom. The van der Waals surface area contributed by atoms with Crippen LogP contribution in [0.25, 0.3) is 11.1 Å². The molecule has 4 aromatic carbocycles. The second-order valence-electron chi connectivity index (χ2n) is 13.8. The van der Waals surface area contributed by atoms with Crippen LogP contribution in [0.5, 0.6) is 5.75 Å². The predicted octanol–water partition coefficient (Wildman–Crippen LogP) is 8.61. The lowest BCUT2D eigenvalue weighted by Crippen LogP contribution is -2.57. The monoisotopic (exact) mass is 596 g/mol. The summed E-state index contributed by atoms with van der Waals surface area (Å²) in [4.78, 5) is 29.0. The third-order valence-corrected chi connectivity index (χ3v) is 10.3. The first kappa shape index (κ1) is 29.2. The largest absolute Gasteiger partial charge is 0.427 e. The van der Waals surface area contributed by atoms with Gasteiger partial charge in [-0.05, 0) is 127 Å². The summed E-state index contributed by atoms with van der Waals surface area (Å²) in [7, 11) is 0. The van der Waals surface area contributed by atoms with E-state index in [1.54, 1.807) is 12.1 Å². The molecule has 4 aliphatic carbocycles. The third kappa shape index (κ3) is 6.22. The molecular formula is C40H40N2O3. The van der Waals surface area contributed by atoms with Gasteiger partial charge in [0, 0.05) is 25.2 Å². The van der Waals surface area contributed by atoms with Crippen molar-refractivity contribution in [1.82, 2.24) is 5.32 Å². The van der Waals surface area contributed by atoms with Gasteiger partial charge >= 0.3 is 5.97 Å². The van der Waals surface area contributed by atoms with E-state index in [0.717, 1.165) is 40.8 Å². The van der Waals surface area contributed by atoms with Gasteiger partial charge in [-0.1, -0.05) is 66.2 Å². The van der Waals surface area contributed by atoms with Crippen LogP contribution in [0.4, 0.5) is 5.69 Å². The smallest absolute Gasteiger partial charge is 0.308 e. The van der Waals surface area contributed by atoms with Crippen LogP contribution < -0.4 is 10.1 Å². The molecule has 0 saturated heterocycles. The molecule has 1 amide bonds. The first-order valence-electron chi connectivity index (χ1n) is 16.2. The van der Waals surface area contributed by atoms with Gasteiger partial charge in [-0.15, -0.1) is 0 Å². The number of benzene rings is 4. The van der Waals surface area contributed by atoms with Crippen molar-refractivity contribution >= 4 is 23.8 Å². The fourth-order valence-corrected chi connectivity index (χ4v) is 8.76. The van der Waals surface area contributed by atoms with Crippen LogP contribution in [0.3, 0.4) is 0 Å². The average molecular weight is 597 g/mol. The molecule has 1 N–H and O–H groups in total. The molecule has 0 aliphatic heterocycles. The van der Waals surface area contributed by atoms with Crippen LogP contribution in [0.1, 0.15) is 72.5 Å². The van der Waals surface area contributed by atoms with E-state index in [4.69, 9.17) is 4.74 Å². The number of aryl methyl sites for hydroxylation is 1. The lowest BCUT2D eigenvalue weighted by atomic mass is 9.43. The van der Waals surface area contributed by atoms with E-state index in [9.17, 15) is 9.59 Å². The average Bonchev–Trinajstić information content (AvgIpc) is 3.03. The van der Waals surface area contributed by atoms with E-state index in [-0.39, 0.29) is 22.7 Å². The van der Waals surface area contributed by atoms with Crippen LogP contribution in [0.15, 0.2) is 102 Å². The number of esters is 1. The minimum Gasteiger partial charge on any atom is -0.427 e. The zero-order valence-corrected chi connectivity index (χ0v) is 26.1. The van der Waals surface area contributed by atoms with Crippen LogP contribution >= 0.6 is 0 Å². The summed E-state index contributed by atoms with van der Waals surface area (Å²) < 4.78 is 5.12. The van der Waals surface area contributed by atoms with Crippen LogP contribution in [-0.4, -0.2) is 24.6 Å². The van der Waals surface area contributed by atoms with Crippen LogP contribution in [0, 0.1) is 24.2 Å². The van der Waals surface area contributed by atoms with Crippen LogP contribution in [-0.2, 0) is 10.2 Å². The van der Waals surface area contributed by atoms with Gasteiger partial charge in [-0.3, -0.25) is 14.6 Å². The summed E-state index contributed by atoms with van der Waals surface area (Å²) >= 11 is 0. The van der Waals surface area contributed by atoms with Gasteiger partial charge in [-0.2, -0.15) is 0 Å². The lowest BCUT2D eigenvalue weighted by molar-refractivity contribution is -0.131. The fraction of sp³-hybridized carbons (Fsp3) is 0.325. The molecule has 2 atom stereocenters. The summed E-state index contributed by atoms with van der Waals surface area (Å²) in [5.74, 6) is 1.76. The quantitative estimate of drug-likeness (QED) is 0.126. The Bertz CT molecular complexity index is 1710. The summed E-state index contributed by atoms with van der Waals surface area (Å²) in [5, 5.41) is 3.34. The van der Waals surface area contributed by atoms with Gasteiger partial charge in [0.05, 0.1) is 5.69 Å². The van der Waals surface area contributed by atoms with Crippen molar-refractivity contribution in [3.8, 4) is 16.9 Å². The maximum Gasteiger partial charge on any atom is 0.308 e. The number of rotatable bonds is 8. The van der Waals surface area contributed by atoms with Crippen LogP contribution in [0.2, 0.25) is 0 Å². The van der Waals surface area contributed by atoms with Crippen molar-refractivity contribution in [2.24, 2.45) is 22.2 Å². The maximum atomic E-state index is 13.3. The fourth-order valence-electron chi connectivity index (χ4n) is 8.76. The highest BCUT2D eigenvalue weighted by molar-refractivity contribution is 5.94. The Labute approximate surface area is 265 Å². The second kappa shape index (κ2) is 11.8. The van der Waals surface area contributed by atoms with Gasteiger partial charge in [0.2, 0.25) is 0 Å².